The second-order valence-electron chi connectivity index (χ2n) is 2.23. The maximum Gasteiger partial charge on any atom is 0.320 e. The van der Waals surface area contributed by atoms with Gasteiger partial charge in [0.15, 0.2) is 0 Å². The Hall–Kier alpha value is -0.0666. The molecular formula is C6H20N4O2Zn. The molecule has 0 aliphatic heterocycles. The van der Waals surface area contributed by atoms with Crippen LogP contribution in [0.3, 0.4) is 0 Å². The molecule has 78 valence electrons. The van der Waals surface area contributed by atoms with Crippen LogP contribution in [0, 0.1) is 0 Å². The van der Waals surface area contributed by atoms with E-state index in [2.05, 4.69) is 0 Å². The van der Waals surface area contributed by atoms with E-state index < -0.39 is 12.0 Å². The van der Waals surface area contributed by atoms with E-state index in [-0.39, 0.29) is 31.8 Å². The number of hydrogen-bond donors (Lipinski definition) is 5. The summed E-state index contributed by atoms with van der Waals surface area (Å²) in [6, 6.07) is -0.716. The minimum atomic E-state index is -0.933. The predicted molar refractivity (Wildman–Crippen MR) is 48.6 cm³/mol. The molecule has 0 aliphatic carbocycles. The molecule has 0 bridgehead atoms. The fraction of sp³-hybridized carbons (Fsp3) is 0.833. The van der Waals surface area contributed by atoms with Crippen LogP contribution in [0.25, 0.3) is 0 Å². The van der Waals surface area contributed by atoms with Gasteiger partial charge in [-0.2, -0.15) is 0 Å². The van der Waals surface area contributed by atoms with Gasteiger partial charge in [-0.3, -0.25) is 4.79 Å². The van der Waals surface area contributed by atoms with Crippen LogP contribution in [0.4, 0.5) is 0 Å². The van der Waals surface area contributed by atoms with Gasteiger partial charge in [-0.15, -0.1) is 0 Å². The number of aliphatic carboxylic acids is 1. The van der Waals surface area contributed by atoms with E-state index in [1.807, 2.05) is 0 Å². The Morgan fingerprint density at radius 1 is 1.31 bits per heavy atom. The zero-order valence-corrected chi connectivity index (χ0v) is 11.0. The van der Waals surface area contributed by atoms with Gasteiger partial charge in [0.1, 0.15) is 6.04 Å². The van der Waals surface area contributed by atoms with Crippen molar-refractivity contribution in [1.29, 1.82) is 0 Å². The molecule has 0 heterocycles. The van der Waals surface area contributed by atoms with Crippen molar-refractivity contribution in [3.05, 3.63) is 0 Å². The smallest absolute Gasteiger partial charge is 0.320 e. The summed E-state index contributed by atoms with van der Waals surface area (Å²) in [4.78, 5) is 10.1. The summed E-state index contributed by atoms with van der Waals surface area (Å²) in [5.74, 6) is -0.933. The molecule has 0 aromatic heterocycles. The molecule has 0 saturated carbocycles. The number of nitrogens with two attached hydrogens (primary N) is 2. The molecule has 0 spiro atoms. The molecule has 1 unspecified atom stereocenters. The number of unbranched alkanes of at least 4 members (excludes halogenated alkanes) is 1. The van der Waals surface area contributed by atoms with E-state index in [4.69, 9.17) is 16.6 Å². The fourth-order valence-electron chi connectivity index (χ4n) is 0.632. The summed E-state index contributed by atoms with van der Waals surface area (Å²) < 4.78 is 0. The van der Waals surface area contributed by atoms with Gasteiger partial charge in [0.2, 0.25) is 0 Å². The molecule has 0 saturated heterocycles. The maximum atomic E-state index is 10.1. The predicted octanol–water partition coefficient (Wildman–Crippen LogP) is -0.151. The van der Waals surface area contributed by atoms with E-state index in [1.165, 1.54) is 0 Å². The third-order valence-electron chi connectivity index (χ3n) is 1.29. The third-order valence-corrected chi connectivity index (χ3v) is 1.29. The van der Waals surface area contributed by atoms with Gasteiger partial charge >= 0.3 is 5.97 Å². The Labute approximate surface area is 91.4 Å². The molecule has 0 radical (unpaired) electrons. The molecule has 13 heavy (non-hydrogen) atoms. The zero-order chi connectivity index (χ0) is 7.98. The number of hydrogen-bond acceptors (Lipinski definition) is 5. The SMILES string of the molecule is N.N.NCCCCC(N)C(=O)O.[Zn]. The first-order chi connectivity index (χ1) is 4.68. The van der Waals surface area contributed by atoms with E-state index in [9.17, 15) is 4.79 Å². The van der Waals surface area contributed by atoms with Gasteiger partial charge in [0.05, 0.1) is 0 Å². The van der Waals surface area contributed by atoms with Crippen molar-refractivity contribution < 1.29 is 29.4 Å². The van der Waals surface area contributed by atoms with Crippen molar-refractivity contribution in [2.45, 2.75) is 25.3 Å². The summed E-state index contributed by atoms with van der Waals surface area (Å²) in [5.41, 5.74) is 10.4. The second kappa shape index (κ2) is 14.5. The van der Waals surface area contributed by atoms with Crippen LogP contribution in [-0.2, 0) is 24.3 Å². The van der Waals surface area contributed by atoms with Crippen LogP contribution >= 0.6 is 0 Å². The molecular weight excluding hydrogens is 225 g/mol. The van der Waals surface area contributed by atoms with Gasteiger partial charge in [0.25, 0.3) is 0 Å². The number of carbonyl (C=O) groups is 1. The summed E-state index contributed by atoms with van der Waals surface area (Å²) in [5, 5.41) is 8.33. The zero-order valence-electron chi connectivity index (χ0n) is 8.04. The quantitative estimate of drug-likeness (QED) is 0.334. The summed E-state index contributed by atoms with van der Waals surface area (Å²) in [6.45, 7) is 0.604. The van der Waals surface area contributed by atoms with E-state index in [1.54, 1.807) is 0 Å². The van der Waals surface area contributed by atoms with Crippen molar-refractivity contribution in [2.24, 2.45) is 11.5 Å². The van der Waals surface area contributed by atoms with Crippen LogP contribution in [0.2, 0.25) is 0 Å². The van der Waals surface area contributed by atoms with E-state index in [0.717, 1.165) is 12.8 Å². The summed E-state index contributed by atoms with van der Waals surface area (Å²) in [6.07, 6.45) is 2.16. The van der Waals surface area contributed by atoms with Crippen molar-refractivity contribution in [3.8, 4) is 0 Å². The minimum Gasteiger partial charge on any atom is -0.480 e. The molecule has 6 nitrogen and oxygen atoms in total. The average molecular weight is 246 g/mol. The van der Waals surface area contributed by atoms with Crippen molar-refractivity contribution in [2.75, 3.05) is 6.54 Å². The van der Waals surface area contributed by atoms with Crippen LogP contribution in [0.5, 0.6) is 0 Å². The van der Waals surface area contributed by atoms with Crippen LogP contribution in [-0.4, -0.2) is 23.7 Å². The van der Waals surface area contributed by atoms with Crippen molar-refractivity contribution in [1.82, 2.24) is 12.3 Å². The Morgan fingerprint density at radius 3 is 2.08 bits per heavy atom. The average Bonchev–Trinajstić information content (AvgIpc) is 1.88. The van der Waals surface area contributed by atoms with E-state index >= 15 is 0 Å². The molecule has 0 aliphatic rings. The first kappa shape index (κ1) is 23.1. The maximum absolute atomic E-state index is 10.1. The molecule has 0 rings (SSSR count). The van der Waals surface area contributed by atoms with Gasteiger partial charge in [-0.25, -0.2) is 0 Å². The van der Waals surface area contributed by atoms with Crippen molar-refractivity contribution >= 4 is 5.97 Å². The number of carboxylic acids is 1. The van der Waals surface area contributed by atoms with Crippen LogP contribution in [0.1, 0.15) is 19.3 Å². The van der Waals surface area contributed by atoms with Crippen LogP contribution < -0.4 is 23.8 Å². The van der Waals surface area contributed by atoms with Crippen molar-refractivity contribution in [3.63, 3.8) is 0 Å². The second-order valence-corrected chi connectivity index (χ2v) is 2.23. The molecule has 1 atom stereocenters. The Morgan fingerprint density at radius 2 is 1.77 bits per heavy atom. The minimum absolute atomic E-state index is 0. The number of carboxylic acid groups (broad SMARTS) is 1. The summed E-state index contributed by atoms with van der Waals surface area (Å²) in [7, 11) is 0. The van der Waals surface area contributed by atoms with Crippen LogP contribution in [0.15, 0.2) is 0 Å². The van der Waals surface area contributed by atoms with Gasteiger partial charge in [-0.05, 0) is 19.4 Å². The molecule has 0 fully saturated rings. The van der Waals surface area contributed by atoms with E-state index in [0.29, 0.717) is 13.0 Å². The topological polar surface area (TPSA) is 159 Å². The monoisotopic (exact) mass is 244 g/mol. The third kappa shape index (κ3) is 14.8. The van der Waals surface area contributed by atoms with Gasteiger partial charge in [0, 0.05) is 19.5 Å². The molecule has 0 aromatic rings. The normalized spacial score (nSPS) is 10.0. The Balaban J connectivity index is -0.000000135. The largest absolute Gasteiger partial charge is 0.480 e. The fourth-order valence-corrected chi connectivity index (χ4v) is 0.632. The molecule has 11 N–H and O–H groups in total. The first-order valence-corrected chi connectivity index (χ1v) is 3.37. The molecule has 7 heteroatoms. The summed E-state index contributed by atoms with van der Waals surface area (Å²) >= 11 is 0. The standard InChI is InChI=1S/C6H14N2O2.2H3N.Zn/c7-4-2-1-3-5(8)6(9)10;;;/h5H,1-4,7-8H2,(H,9,10);2*1H3;. The Bertz CT molecular complexity index is 115. The number of rotatable bonds is 5. The van der Waals surface area contributed by atoms with Gasteiger partial charge in [-0.1, -0.05) is 6.42 Å². The first-order valence-electron chi connectivity index (χ1n) is 3.37. The molecule has 0 amide bonds. The van der Waals surface area contributed by atoms with Gasteiger partial charge < -0.3 is 28.9 Å². The molecule has 0 aromatic carbocycles. The Kier molecular flexibility index (Phi) is 25.7.